The van der Waals surface area contributed by atoms with E-state index < -0.39 is 0 Å². The highest BCUT2D eigenvalue weighted by molar-refractivity contribution is 5.58. The molecule has 0 saturated heterocycles. The average Bonchev–Trinajstić information content (AvgIpc) is 2.66. The van der Waals surface area contributed by atoms with Crippen LogP contribution < -0.4 is 5.73 Å². The van der Waals surface area contributed by atoms with E-state index in [1.807, 2.05) is 13.0 Å². The van der Waals surface area contributed by atoms with Gasteiger partial charge in [-0.05, 0) is 26.0 Å². The number of nitrogens with one attached hydrogen (secondary N) is 1. The molecule has 2 heterocycles. The molecule has 0 aliphatic heterocycles. The Labute approximate surface area is 87.8 Å². The van der Waals surface area contributed by atoms with Gasteiger partial charge in [-0.1, -0.05) is 0 Å². The van der Waals surface area contributed by atoms with Gasteiger partial charge in [-0.2, -0.15) is 5.10 Å². The maximum Gasteiger partial charge on any atom is 0.116 e. The van der Waals surface area contributed by atoms with Gasteiger partial charge >= 0.3 is 0 Å². The number of nitrogens with two attached hydrogens (primary N) is 1. The van der Waals surface area contributed by atoms with Gasteiger partial charge in [-0.25, -0.2) is 9.97 Å². The monoisotopic (exact) mass is 203 g/mol. The van der Waals surface area contributed by atoms with Crippen LogP contribution in [0, 0.1) is 6.92 Å². The van der Waals surface area contributed by atoms with E-state index in [0.717, 1.165) is 29.1 Å². The molecule has 0 saturated carbocycles. The second-order valence-electron chi connectivity index (χ2n) is 3.35. The maximum absolute atomic E-state index is 5.52. The van der Waals surface area contributed by atoms with E-state index in [4.69, 9.17) is 5.73 Å². The highest BCUT2D eigenvalue weighted by atomic mass is 15.1. The minimum atomic E-state index is 0.608. The summed E-state index contributed by atoms with van der Waals surface area (Å²) in [4.78, 5) is 8.26. The maximum atomic E-state index is 5.52. The summed E-state index contributed by atoms with van der Waals surface area (Å²) in [6.07, 6.45) is 4.15. The lowest BCUT2D eigenvalue weighted by molar-refractivity contribution is 0.969. The molecule has 78 valence electrons. The van der Waals surface area contributed by atoms with Gasteiger partial charge in [-0.3, -0.25) is 5.10 Å². The third-order valence-corrected chi connectivity index (χ3v) is 2.19. The standard InChI is InChI=1S/C10H13N5/c1-7-4-9(13-6-12-7)10-8(2-3-11)5-14-15-10/h4-6H,2-3,11H2,1H3,(H,14,15). The third-order valence-electron chi connectivity index (χ3n) is 2.19. The first-order chi connectivity index (χ1) is 7.31. The Morgan fingerprint density at radius 2 is 2.27 bits per heavy atom. The Morgan fingerprint density at radius 1 is 1.40 bits per heavy atom. The quantitative estimate of drug-likeness (QED) is 0.768. The average molecular weight is 203 g/mol. The van der Waals surface area contributed by atoms with Crippen molar-refractivity contribution < 1.29 is 0 Å². The first-order valence-electron chi connectivity index (χ1n) is 4.82. The normalized spacial score (nSPS) is 10.5. The molecule has 0 aliphatic rings. The van der Waals surface area contributed by atoms with Crippen LogP contribution in [0.1, 0.15) is 11.3 Å². The zero-order valence-electron chi connectivity index (χ0n) is 8.57. The van der Waals surface area contributed by atoms with Crippen LogP contribution in [0.3, 0.4) is 0 Å². The van der Waals surface area contributed by atoms with Gasteiger partial charge in [0.05, 0.1) is 17.6 Å². The van der Waals surface area contributed by atoms with Crippen molar-refractivity contribution in [1.82, 2.24) is 20.2 Å². The molecule has 0 aliphatic carbocycles. The second-order valence-corrected chi connectivity index (χ2v) is 3.35. The molecule has 5 heteroatoms. The summed E-state index contributed by atoms with van der Waals surface area (Å²) in [5, 5.41) is 6.94. The van der Waals surface area contributed by atoms with Crippen LogP contribution >= 0.6 is 0 Å². The van der Waals surface area contributed by atoms with Gasteiger partial charge < -0.3 is 5.73 Å². The van der Waals surface area contributed by atoms with E-state index in [-0.39, 0.29) is 0 Å². The second kappa shape index (κ2) is 4.18. The fourth-order valence-corrected chi connectivity index (χ4v) is 1.47. The lowest BCUT2D eigenvalue weighted by Gasteiger charge is -2.01. The Balaban J connectivity index is 2.40. The number of aromatic amines is 1. The first kappa shape index (κ1) is 9.79. The van der Waals surface area contributed by atoms with Crippen molar-refractivity contribution in [2.24, 2.45) is 5.73 Å². The van der Waals surface area contributed by atoms with Crippen molar-refractivity contribution in [2.45, 2.75) is 13.3 Å². The number of rotatable bonds is 3. The van der Waals surface area contributed by atoms with Crippen LogP contribution in [0.4, 0.5) is 0 Å². The molecular weight excluding hydrogens is 190 g/mol. The summed E-state index contributed by atoms with van der Waals surface area (Å²) in [5.74, 6) is 0. The minimum absolute atomic E-state index is 0.608. The molecule has 2 aromatic rings. The van der Waals surface area contributed by atoms with Gasteiger partial charge in [0.25, 0.3) is 0 Å². The van der Waals surface area contributed by atoms with Crippen molar-refractivity contribution in [3.05, 3.63) is 29.8 Å². The fraction of sp³-hybridized carbons (Fsp3) is 0.300. The highest BCUT2D eigenvalue weighted by Gasteiger charge is 2.08. The third kappa shape index (κ3) is 2.02. The van der Waals surface area contributed by atoms with E-state index in [2.05, 4.69) is 20.2 Å². The molecule has 0 spiro atoms. The van der Waals surface area contributed by atoms with Crippen molar-refractivity contribution >= 4 is 0 Å². The van der Waals surface area contributed by atoms with E-state index in [0.29, 0.717) is 6.54 Å². The molecule has 0 aromatic carbocycles. The predicted octanol–water partition coefficient (Wildman–Crippen LogP) is 0.676. The molecule has 0 unspecified atom stereocenters. The van der Waals surface area contributed by atoms with Crippen LogP contribution in [0.2, 0.25) is 0 Å². The Kier molecular flexibility index (Phi) is 2.73. The number of nitrogens with zero attached hydrogens (tertiary/aromatic N) is 3. The summed E-state index contributed by atoms with van der Waals surface area (Å²) in [5.41, 5.74) is 9.35. The summed E-state index contributed by atoms with van der Waals surface area (Å²) in [7, 11) is 0. The van der Waals surface area contributed by atoms with Crippen LogP contribution in [0.15, 0.2) is 18.6 Å². The van der Waals surface area contributed by atoms with E-state index in [1.165, 1.54) is 0 Å². The molecular formula is C10H13N5. The molecule has 2 aromatic heterocycles. The molecule has 0 bridgehead atoms. The van der Waals surface area contributed by atoms with Gasteiger partial charge in [-0.15, -0.1) is 0 Å². The van der Waals surface area contributed by atoms with Crippen LogP contribution in [0.25, 0.3) is 11.4 Å². The Bertz CT molecular complexity index is 449. The zero-order valence-corrected chi connectivity index (χ0v) is 8.57. The van der Waals surface area contributed by atoms with Crippen molar-refractivity contribution in [1.29, 1.82) is 0 Å². The molecule has 5 nitrogen and oxygen atoms in total. The summed E-state index contributed by atoms with van der Waals surface area (Å²) >= 11 is 0. The number of hydrogen-bond acceptors (Lipinski definition) is 4. The van der Waals surface area contributed by atoms with Gasteiger partial charge in [0.2, 0.25) is 0 Å². The van der Waals surface area contributed by atoms with Crippen LogP contribution in [-0.2, 0) is 6.42 Å². The smallest absolute Gasteiger partial charge is 0.116 e. The minimum Gasteiger partial charge on any atom is -0.330 e. The number of aryl methyl sites for hydroxylation is 1. The van der Waals surface area contributed by atoms with E-state index in [9.17, 15) is 0 Å². The van der Waals surface area contributed by atoms with Crippen molar-refractivity contribution in [3.8, 4) is 11.4 Å². The molecule has 15 heavy (non-hydrogen) atoms. The van der Waals surface area contributed by atoms with Gasteiger partial charge in [0.15, 0.2) is 0 Å². The largest absolute Gasteiger partial charge is 0.330 e. The summed E-state index contributed by atoms with van der Waals surface area (Å²) in [6, 6.07) is 1.92. The lowest BCUT2D eigenvalue weighted by atomic mass is 10.1. The zero-order chi connectivity index (χ0) is 10.7. The number of aromatic nitrogens is 4. The SMILES string of the molecule is Cc1cc(-c2[nH]ncc2CCN)ncn1. The summed E-state index contributed by atoms with van der Waals surface area (Å²) < 4.78 is 0. The van der Waals surface area contributed by atoms with Crippen molar-refractivity contribution in [2.75, 3.05) is 6.54 Å². The Hall–Kier alpha value is -1.75. The lowest BCUT2D eigenvalue weighted by Crippen LogP contribution is -2.03. The number of H-pyrrole nitrogens is 1. The number of hydrogen-bond donors (Lipinski definition) is 2. The molecule has 0 atom stereocenters. The van der Waals surface area contributed by atoms with E-state index in [1.54, 1.807) is 12.5 Å². The van der Waals surface area contributed by atoms with Crippen LogP contribution in [0.5, 0.6) is 0 Å². The molecule has 3 N–H and O–H groups in total. The highest BCUT2D eigenvalue weighted by Crippen LogP contribution is 2.18. The van der Waals surface area contributed by atoms with Gasteiger partial charge in [0, 0.05) is 11.3 Å². The summed E-state index contributed by atoms with van der Waals surface area (Å²) in [6.45, 7) is 2.54. The molecule has 0 amide bonds. The van der Waals surface area contributed by atoms with E-state index >= 15 is 0 Å². The topological polar surface area (TPSA) is 80.5 Å². The van der Waals surface area contributed by atoms with Crippen LogP contribution in [-0.4, -0.2) is 26.7 Å². The Morgan fingerprint density at radius 3 is 3.00 bits per heavy atom. The van der Waals surface area contributed by atoms with Crippen molar-refractivity contribution in [3.63, 3.8) is 0 Å². The fourth-order valence-electron chi connectivity index (χ4n) is 1.47. The molecule has 0 radical (unpaired) electrons. The first-order valence-corrected chi connectivity index (χ1v) is 4.82. The van der Waals surface area contributed by atoms with Gasteiger partial charge in [0.1, 0.15) is 6.33 Å². The molecule has 2 rings (SSSR count). The molecule has 0 fully saturated rings. The predicted molar refractivity (Wildman–Crippen MR) is 57.1 cm³/mol.